The Morgan fingerprint density at radius 3 is 2.53 bits per heavy atom. The molecule has 0 N–H and O–H groups in total. The van der Waals surface area contributed by atoms with E-state index in [-0.39, 0.29) is 24.1 Å². The van der Waals surface area contributed by atoms with E-state index < -0.39 is 5.97 Å². The molecule has 32 heavy (non-hydrogen) atoms. The average molecular weight is 434 g/mol. The largest absolute Gasteiger partial charge is 0.456 e. The highest BCUT2D eigenvalue weighted by atomic mass is 16.5. The fraction of sp³-hybridized carbons (Fsp3) is 0.308. The number of rotatable bonds is 8. The molecule has 0 saturated carbocycles. The molecule has 1 fully saturated rings. The number of nitrogens with zero attached hydrogens (tertiary/aromatic N) is 1. The Labute approximate surface area is 187 Å². The number of hydrogen-bond acceptors (Lipinski definition) is 5. The average Bonchev–Trinajstić information content (AvgIpc) is 3.42. The molecule has 2 heterocycles. The van der Waals surface area contributed by atoms with E-state index in [4.69, 9.17) is 14.2 Å². The van der Waals surface area contributed by atoms with Gasteiger partial charge >= 0.3 is 5.97 Å². The van der Waals surface area contributed by atoms with Crippen molar-refractivity contribution in [2.75, 3.05) is 13.2 Å². The first-order valence-electron chi connectivity index (χ1n) is 10.8. The second-order valence-corrected chi connectivity index (χ2v) is 7.94. The first kappa shape index (κ1) is 21.8. The molecule has 0 amide bonds. The predicted molar refractivity (Wildman–Crippen MR) is 120 cm³/mol. The highest BCUT2D eigenvalue weighted by molar-refractivity contribution is 6.01. The Bertz CT molecular complexity index is 1100. The lowest BCUT2D eigenvalue weighted by Crippen LogP contribution is -2.18. The molecule has 3 aromatic rings. The number of hydrogen-bond donors (Lipinski definition) is 0. The maximum absolute atomic E-state index is 12.8. The molecule has 0 aliphatic carbocycles. The second kappa shape index (κ2) is 9.83. The zero-order valence-electron chi connectivity index (χ0n) is 18.4. The lowest BCUT2D eigenvalue weighted by Gasteiger charge is -2.15. The molecular formula is C26H27NO5. The zero-order valence-corrected chi connectivity index (χ0v) is 18.4. The number of carbonyl (C=O) groups is 2. The normalized spacial score (nSPS) is 15.5. The van der Waals surface area contributed by atoms with Crippen LogP contribution in [-0.4, -0.2) is 35.6 Å². The molecule has 1 aromatic heterocycles. The number of esters is 1. The molecule has 0 radical (unpaired) electrons. The number of ether oxygens (including phenoxy) is 3. The van der Waals surface area contributed by atoms with E-state index in [9.17, 15) is 9.59 Å². The molecule has 2 aromatic carbocycles. The molecule has 0 spiro atoms. The second-order valence-electron chi connectivity index (χ2n) is 7.94. The van der Waals surface area contributed by atoms with Crippen LogP contribution in [0.3, 0.4) is 0 Å². The number of benzene rings is 2. The minimum atomic E-state index is -0.599. The summed E-state index contributed by atoms with van der Waals surface area (Å²) in [4.78, 5) is 25.5. The fourth-order valence-electron chi connectivity index (χ4n) is 3.98. The number of para-hydroxylation sites is 2. The molecule has 1 aliphatic rings. The third-order valence-electron chi connectivity index (χ3n) is 5.70. The van der Waals surface area contributed by atoms with E-state index in [2.05, 4.69) is 4.57 Å². The fourth-order valence-corrected chi connectivity index (χ4v) is 3.98. The highest BCUT2D eigenvalue weighted by Gasteiger charge is 2.22. The van der Waals surface area contributed by atoms with Crippen LogP contribution in [0.25, 0.3) is 0 Å². The molecule has 6 heteroatoms. The van der Waals surface area contributed by atoms with Crippen LogP contribution in [0.1, 0.15) is 44.9 Å². The van der Waals surface area contributed by atoms with E-state index in [0.717, 1.165) is 37.4 Å². The van der Waals surface area contributed by atoms with E-state index in [0.29, 0.717) is 17.1 Å². The van der Waals surface area contributed by atoms with Crippen LogP contribution >= 0.6 is 0 Å². The van der Waals surface area contributed by atoms with Crippen molar-refractivity contribution < 1.29 is 23.8 Å². The number of Topliss-reactive ketones (excluding diaryl/α,β-unsaturated/α-hetero) is 1. The summed E-state index contributed by atoms with van der Waals surface area (Å²) in [7, 11) is 0. The number of ketones is 1. The van der Waals surface area contributed by atoms with Crippen LogP contribution in [0.2, 0.25) is 0 Å². The summed E-state index contributed by atoms with van der Waals surface area (Å²) < 4.78 is 19.0. The van der Waals surface area contributed by atoms with E-state index in [1.807, 2.05) is 38.1 Å². The Morgan fingerprint density at radius 1 is 1.03 bits per heavy atom. The van der Waals surface area contributed by atoms with Crippen LogP contribution < -0.4 is 4.74 Å². The summed E-state index contributed by atoms with van der Waals surface area (Å²) in [5, 5.41) is 0. The summed E-state index contributed by atoms with van der Waals surface area (Å²) in [6, 6.07) is 17.9. The van der Waals surface area contributed by atoms with Gasteiger partial charge in [-0.2, -0.15) is 0 Å². The van der Waals surface area contributed by atoms with Crippen molar-refractivity contribution in [1.82, 2.24) is 4.57 Å². The Morgan fingerprint density at radius 2 is 1.78 bits per heavy atom. The molecule has 1 unspecified atom stereocenters. The summed E-state index contributed by atoms with van der Waals surface area (Å²) in [5.41, 5.74) is 2.70. The third-order valence-corrected chi connectivity index (χ3v) is 5.70. The highest BCUT2D eigenvalue weighted by Crippen LogP contribution is 2.26. The van der Waals surface area contributed by atoms with Gasteiger partial charge in [-0.25, -0.2) is 4.79 Å². The van der Waals surface area contributed by atoms with Gasteiger partial charge < -0.3 is 18.8 Å². The minimum absolute atomic E-state index is 0.182. The van der Waals surface area contributed by atoms with Gasteiger partial charge in [-0.1, -0.05) is 30.3 Å². The lowest BCUT2D eigenvalue weighted by atomic mass is 10.1. The third kappa shape index (κ3) is 4.92. The van der Waals surface area contributed by atoms with Gasteiger partial charge in [0.05, 0.1) is 6.10 Å². The minimum Gasteiger partial charge on any atom is -0.456 e. The van der Waals surface area contributed by atoms with Crippen molar-refractivity contribution in [3.63, 3.8) is 0 Å². The van der Waals surface area contributed by atoms with E-state index >= 15 is 0 Å². The summed E-state index contributed by atoms with van der Waals surface area (Å²) in [6.45, 7) is 5.08. The van der Waals surface area contributed by atoms with Crippen molar-refractivity contribution >= 4 is 11.8 Å². The monoisotopic (exact) mass is 433 g/mol. The van der Waals surface area contributed by atoms with Crippen molar-refractivity contribution in [1.29, 1.82) is 0 Å². The first-order chi connectivity index (χ1) is 15.5. The number of carbonyl (C=O) groups excluding carboxylic acids is 2. The van der Waals surface area contributed by atoms with Gasteiger partial charge in [0.25, 0.3) is 0 Å². The van der Waals surface area contributed by atoms with Gasteiger partial charge in [-0.3, -0.25) is 4.79 Å². The maximum Gasteiger partial charge on any atom is 0.342 e. The van der Waals surface area contributed by atoms with E-state index in [1.54, 1.807) is 36.4 Å². The summed E-state index contributed by atoms with van der Waals surface area (Å²) in [5.74, 6) is 0.165. The first-order valence-corrected chi connectivity index (χ1v) is 10.8. The van der Waals surface area contributed by atoms with Crippen molar-refractivity contribution in [2.45, 2.75) is 39.3 Å². The molecule has 0 bridgehead atoms. The van der Waals surface area contributed by atoms with Crippen LogP contribution in [0.15, 0.2) is 60.7 Å². The van der Waals surface area contributed by atoms with Gasteiger partial charge in [0.2, 0.25) is 5.78 Å². The van der Waals surface area contributed by atoms with Crippen molar-refractivity contribution in [3.05, 3.63) is 83.2 Å². The summed E-state index contributed by atoms with van der Waals surface area (Å²) in [6.07, 6.45) is 2.28. The Kier molecular flexibility index (Phi) is 6.71. The number of aryl methyl sites for hydroxylation is 1. The molecule has 4 rings (SSSR count). The SMILES string of the molecule is Cc1cc(C(=O)COC(=O)c2ccccc2Oc2ccccc2)c(C)n1CC1CCCO1. The van der Waals surface area contributed by atoms with Crippen molar-refractivity contribution in [3.8, 4) is 11.5 Å². The number of aromatic nitrogens is 1. The van der Waals surface area contributed by atoms with Crippen LogP contribution in [-0.2, 0) is 16.0 Å². The van der Waals surface area contributed by atoms with Gasteiger partial charge in [-0.05, 0) is 57.0 Å². The topological polar surface area (TPSA) is 66.8 Å². The Hall–Kier alpha value is -3.38. The molecule has 6 nitrogen and oxygen atoms in total. The molecule has 1 atom stereocenters. The molecular weight excluding hydrogens is 406 g/mol. The Balaban J connectivity index is 1.42. The van der Waals surface area contributed by atoms with Crippen LogP contribution in [0.4, 0.5) is 0 Å². The molecule has 1 aliphatic heterocycles. The van der Waals surface area contributed by atoms with Crippen LogP contribution in [0.5, 0.6) is 11.5 Å². The quantitative estimate of drug-likeness (QED) is 0.365. The van der Waals surface area contributed by atoms with Gasteiger partial charge in [-0.15, -0.1) is 0 Å². The van der Waals surface area contributed by atoms with Gasteiger partial charge in [0, 0.05) is 30.1 Å². The lowest BCUT2D eigenvalue weighted by molar-refractivity contribution is 0.0472. The van der Waals surface area contributed by atoms with E-state index in [1.165, 1.54) is 0 Å². The van der Waals surface area contributed by atoms with Crippen molar-refractivity contribution in [2.24, 2.45) is 0 Å². The van der Waals surface area contributed by atoms with Gasteiger partial charge in [0.1, 0.15) is 17.1 Å². The maximum atomic E-state index is 12.8. The van der Waals surface area contributed by atoms with Gasteiger partial charge in [0.15, 0.2) is 6.61 Å². The zero-order chi connectivity index (χ0) is 22.5. The van der Waals surface area contributed by atoms with Crippen LogP contribution in [0, 0.1) is 13.8 Å². The smallest absolute Gasteiger partial charge is 0.342 e. The summed E-state index contributed by atoms with van der Waals surface area (Å²) >= 11 is 0. The molecule has 1 saturated heterocycles. The molecule has 166 valence electrons. The standard InChI is InChI=1S/C26H27NO5/c1-18-15-23(19(2)27(18)16-21-11-8-14-30-21)24(28)17-31-26(29)22-12-6-7-13-25(22)32-20-9-4-3-5-10-20/h3-7,9-10,12-13,15,21H,8,11,14,16-17H2,1-2H3. The predicted octanol–water partition coefficient (Wildman–Crippen LogP) is 5.12.